The van der Waals surface area contributed by atoms with Gasteiger partial charge in [0.05, 0.1) is 16.6 Å². The highest BCUT2D eigenvalue weighted by molar-refractivity contribution is 6.12. The molecule has 57 heavy (non-hydrogen) atoms. The summed E-state index contributed by atoms with van der Waals surface area (Å²) < 4.78 is 15.4. The Kier molecular flexibility index (Phi) is 6.95. The molecular formula is C51H32N4O2. The van der Waals surface area contributed by atoms with Crippen LogP contribution in [-0.2, 0) is 0 Å². The van der Waals surface area contributed by atoms with E-state index in [9.17, 15) is 0 Å². The molecule has 0 fully saturated rings. The molecule has 0 amide bonds. The molecule has 4 aromatic heterocycles. The molecule has 0 spiro atoms. The van der Waals surface area contributed by atoms with Crippen LogP contribution in [0.25, 0.3) is 118 Å². The maximum absolute atomic E-state index is 6.79. The molecule has 11 aromatic rings. The van der Waals surface area contributed by atoms with E-state index in [-0.39, 0.29) is 0 Å². The van der Waals surface area contributed by atoms with Crippen molar-refractivity contribution in [2.75, 3.05) is 0 Å². The van der Waals surface area contributed by atoms with Crippen molar-refractivity contribution in [1.29, 1.82) is 0 Å². The molecule has 0 saturated carbocycles. The molecule has 6 nitrogen and oxygen atoms in total. The molecule has 0 saturated heterocycles. The third-order valence-electron chi connectivity index (χ3n) is 11.3. The smallest absolute Gasteiger partial charge is 0.167 e. The molecule has 0 bridgehead atoms. The Labute approximate surface area is 326 Å². The summed E-state index contributed by atoms with van der Waals surface area (Å²) in [5.41, 5.74) is 11.6. The number of benzene rings is 7. The number of nitrogens with zero attached hydrogens (tertiary/aromatic N) is 4. The van der Waals surface area contributed by atoms with Gasteiger partial charge in [-0.05, 0) is 90.7 Å². The predicted molar refractivity (Wildman–Crippen MR) is 230 cm³/mol. The Bertz CT molecular complexity index is 3520. The molecule has 6 heteroatoms. The van der Waals surface area contributed by atoms with Gasteiger partial charge in [-0.15, -0.1) is 0 Å². The van der Waals surface area contributed by atoms with Crippen molar-refractivity contribution in [3.05, 3.63) is 168 Å². The Morgan fingerprint density at radius 1 is 0.421 bits per heavy atom. The van der Waals surface area contributed by atoms with Crippen LogP contribution in [0, 0.1) is 0 Å². The second-order valence-electron chi connectivity index (χ2n) is 14.7. The Hall–Kier alpha value is -7.57. The van der Waals surface area contributed by atoms with Crippen molar-refractivity contribution in [2.45, 2.75) is 12.8 Å². The summed E-state index contributed by atoms with van der Waals surface area (Å²) in [5.74, 6) is 1.71. The Morgan fingerprint density at radius 2 is 1.07 bits per heavy atom. The molecule has 0 aliphatic heterocycles. The van der Waals surface area contributed by atoms with Gasteiger partial charge in [0.2, 0.25) is 0 Å². The average Bonchev–Trinajstić information content (AvgIpc) is 3.95. The number of aromatic nitrogens is 4. The molecule has 0 unspecified atom stereocenters. The number of hydrogen-bond donors (Lipinski definition) is 0. The summed E-state index contributed by atoms with van der Waals surface area (Å²) in [7, 11) is 0. The number of fused-ring (bicyclic) bond motifs is 9. The second kappa shape index (κ2) is 12.5. The first-order valence-electron chi connectivity index (χ1n) is 19.3. The van der Waals surface area contributed by atoms with E-state index in [0.29, 0.717) is 17.5 Å². The third kappa shape index (κ3) is 5.07. The van der Waals surface area contributed by atoms with E-state index in [2.05, 4.69) is 132 Å². The van der Waals surface area contributed by atoms with Gasteiger partial charge in [0.15, 0.2) is 17.5 Å². The van der Waals surface area contributed by atoms with Gasteiger partial charge < -0.3 is 13.4 Å². The highest BCUT2D eigenvalue weighted by Gasteiger charge is 2.20. The fraction of sp³-hybridized carbons (Fsp3) is 0.0392. The van der Waals surface area contributed by atoms with Gasteiger partial charge in [-0.3, -0.25) is 0 Å². The normalized spacial score (nSPS) is 12.7. The van der Waals surface area contributed by atoms with Crippen LogP contribution in [0.15, 0.2) is 167 Å². The zero-order valence-corrected chi connectivity index (χ0v) is 30.7. The predicted octanol–water partition coefficient (Wildman–Crippen LogP) is 11.6. The highest BCUT2D eigenvalue weighted by atomic mass is 16.3. The molecule has 1 aliphatic carbocycles. The molecule has 0 radical (unpaired) electrons. The molecule has 1 aliphatic rings. The van der Waals surface area contributed by atoms with Gasteiger partial charge in [-0.25, -0.2) is 15.0 Å². The van der Waals surface area contributed by atoms with Gasteiger partial charge in [0.1, 0.15) is 22.2 Å². The van der Waals surface area contributed by atoms with E-state index in [4.69, 9.17) is 23.8 Å². The van der Waals surface area contributed by atoms with E-state index in [0.717, 1.165) is 84.7 Å². The van der Waals surface area contributed by atoms with Crippen LogP contribution in [-0.4, -0.2) is 19.5 Å². The first-order valence-corrected chi connectivity index (χ1v) is 19.3. The summed E-state index contributed by atoms with van der Waals surface area (Å²) in [4.78, 5) is 15.2. The lowest BCUT2D eigenvalue weighted by Crippen LogP contribution is -2.21. The number of hydrogen-bond acceptors (Lipinski definition) is 5. The van der Waals surface area contributed by atoms with Gasteiger partial charge in [0, 0.05) is 49.0 Å². The lowest BCUT2D eigenvalue weighted by atomic mass is 10.0. The molecule has 7 aromatic carbocycles. The lowest BCUT2D eigenvalue weighted by molar-refractivity contribution is 0.572. The van der Waals surface area contributed by atoms with Crippen LogP contribution < -0.4 is 10.6 Å². The number of furan rings is 2. The van der Waals surface area contributed by atoms with E-state index in [1.54, 1.807) is 0 Å². The van der Waals surface area contributed by atoms with Crippen molar-refractivity contribution in [1.82, 2.24) is 19.5 Å². The highest BCUT2D eigenvalue weighted by Crippen LogP contribution is 2.39. The zero-order chi connectivity index (χ0) is 37.5. The first-order chi connectivity index (χ1) is 28.2. The van der Waals surface area contributed by atoms with Crippen LogP contribution in [0.1, 0.15) is 12.8 Å². The Balaban J connectivity index is 0.997. The number of para-hydroxylation sites is 3. The minimum atomic E-state index is 0.546. The van der Waals surface area contributed by atoms with Crippen LogP contribution in [0.4, 0.5) is 0 Å². The van der Waals surface area contributed by atoms with Crippen molar-refractivity contribution >= 4 is 66.9 Å². The maximum Gasteiger partial charge on any atom is 0.167 e. The minimum Gasteiger partial charge on any atom is -0.456 e. The summed E-state index contributed by atoms with van der Waals surface area (Å²) in [5, 5.41) is 6.75. The topological polar surface area (TPSA) is 69.9 Å². The molecular weight excluding hydrogens is 701 g/mol. The molecule has 4 heterocycles. The van der Waals surface area contributed by atoms with Crippen molar-refractivity contribution in [3.8, 4) is 51.0 Å². The van der Waals surface area contributed by atoms with Crippen LogP contribution in [0.2, 0.25) is 0 Å². The van der Waals surface area contributed by atoms with Gasteiger partial charge in [0.25, 0.3) is 0 Å². The van der Waals surface area contributed by atoms with E-state index < -0.39 is 0 Å². The van der Waals surface area contributed by atoms with E-state index in [1.165, 1.54) is 27.0 Å². The van der Waals surface area contributed by atoms with Gasteiger partial charge >= 0.3 is 0 Å². The van der Waals surface area contributed by atoms with E-state index in [1.807, 2.05) is 42.5 Å². The zero-order valence-electron chi connectivity index (χ0n) is 30.7. The van der Waals surface area contributed by atoms with Crippen LogP contribution >= 0.6 is 0 Å². The van der Waals surface area contributed by atoms with E-state index >= 15 is 0 Å². The first kappa shape index (κ1) is 31.7. The van der Waals surface area contributed by atoms with Crippen molar-refractivity contribution < 1.29 is 8.83 Å². The summed E-state index contributed by atoms with van der Waals surface area (Å²) in [6, 6.07) is 54.9. The standard InChI is InChI=1S/C51H32N4O2/c1-3-12-31(13-4-1)49-52-50(34-23-26-38-37-17-8-10-21-45(37)56-46(38)30-34)54-51(53-49)41-19-11-18-40-39-25-22-33(29-47(39)57-48(40)41)32-24-27-44-42(28-32)36-16-7-9-20-43(36)55(44)35-14-5-2-6-15-35/h1-7,9,11-30H,8,10H2. The van der Waals surface area contributed by atoms with Gasteiger partial charge in [-0.1, -0.05) is 103 Å². The molecule has 0 N–H and O–H groups in total. The van der Waals surface area contributed by atoms with Gasteiger partial charge in [-0.2, -0.15) is 0 Å². The monoisotopic (exact) mass is 732 g/mol. The third-order valence-corrected chi connectivity index (χ3v) is 11.3. The fourth-order valence-corrected chi connectivity index (χ4v) is 8.58. The Morgan fingerprint density at radius 3 is 1.96 bits per heavy atom. The summed E-state index contributed by atoms with van der Waals surface area (Å²) >= 11 is 0. The fourth-order valence-electron chi connectivity index (χ4n) is 8.58. The van der Waals surface area contributed by atoms with Crippen LogP contribution in [0.3, 0.4) is 0 Å². The summed E-state index contributed by atoms with van der Waals surface area (Å²) in [6.45, 7) is 0. The SMILES string of the molecule is C1=c2oc3cc(-c4nc(-c5ccccc5)nc(-c5cccc6c5oc5cc(-c7ccc8c(c7)c7ccccc7n8-c7ccccc7)ccc56)n4)ccc3c2=CCC1. The summed E-state index contributed by atoms with van der Waals surface area (Å²) in [6.07, 6.45) is 6.44. The minimum absolute atomic E-state index is 0.546. The van der Waals surface area contributed by atoms with Crippen molar-refractivity contribution in [2.24, 2.45) is 0 Å². The average molecular weight is 733 g/mol. The molecule has 12 rings (SSSR count). The number of rotatable bonds is 5. The molecule has 0 atom stereocenters. The largest absolute Gasteiger partial charge is 0.456 e. The lowest BCUT2D eigenvalue weighted by Gasteiger charge is -2.08. The van der Waals surface area contributed by atoms with Crippen LogP contribution in [0.5, 0.6) is 0 Å². The second-order valence-corrected chi connectivity index (χ2v) is 14.7. The quantitative estimate of drug-likeness (QED) is 0.176. The molecule has 268 valence electrons. The van der Waals surface area contributed by atoms with Crippen molar-refractivity contribution in [3.63, 3.8) is 0 Å². The maximum atomic E-state index is 6.79.